The second-order valence-electron chi connectivity index (χ2n) is 7.46. The minimum Gasteiger partial charge on any atom is -0.235 e. The highest BCUT2D eigenvalue weighted by Crippen LogP contribution is 2.37. The molecule has 0 spiro atoms. The van der Waals surface area contributed by atoms with E-state index < -0.39 is 5.82 Å². The Bertz CT molecular complexity index is 896. The molecule has 0 saturated heterocycles. The Morgan fingerprint density at radius 1 is 1.14 bits per heavy atom. The van der Waals surface area contributed by atoms with Crippen molar-refractivity contribution < 1.29 is 4.39 Å². The Morgan fingerprint density at radius 3 is 2.54 bits per heavy atom. The van der Waals surface area contributed by atoms with Crippen LogP contribution in [0, 0.1) is 23.6 Å². The largest absolute Gasteiger partial charge is 0.235 e. The summed E-state index contributed by atoms with van der Waals surface area (Å²) in [4.78, 5) is 7.67. The third-order valence-electron chi connectivity index (χ3n) is 5.54. The van der Waals surface area contributed by atoms with E-state index in [9.17, 15) is 4.39 Å². The van der Waals surface area contributed by atoms with E-state index in [2.05, 4.69) is 58.3 Å². The lowest BCUT2D eigenvalue weighted by molar-refractivity contribution is 0.304. The topological polar surface area (TPSA) is 25.2 Å². The summed E-state index contributed by atoms with van der Waals surface area (Å²) >= 11 is 4.50. The van der Waals surface area contributed by atoms with Gasteiger partial charge in [-0.3, -0.25) is 0 Å². The number of hydrogen-bond acceptors (Lipinski definition) is 3. The van der Waals surface area contributed by atoms with Gasteiger partial charge in [-0.05, 0) is 67.4 Å². The van der Waals surface area contributed by atoms with Crippen molar-refractivity contribution in [2.45, 2.75) is 57.8 Å². The third kappa shape index (κ3) is 5.58. The minimum atomic E-state index is -0.456. The molecule has 1 aliphatic rings. The molecule has 1 aromatic heterocycles. The molecule has 1 aliphatic carbocycles. The number of aliphatic imine (C=N–C) groups is 1. The predicted molar refractivity (Wildman–Crippen MR) is 116 cm³/mol. The maximum atomic E-state index is 14.0. The lowest BCUT2D eigenvalue weighted by Gasteiger charge is -2.28. The molecule has 0 aliphatic heterocycles. The predicted octanol–water partition coefficient (Wildman–Crippen LogP) is 6.82. The monoisotopic (exact) mass is 392 g/mol. The number of aromatic nitrogens is 1. The first-order valence-electron chi connectivity index (χ1n) is 10.0. The third-order valence-corrected chi connectivity index (χ3v) is 5.63. The summed E-state index contributed by atoms with van der Waals surface area (Å²) in [6.45, 7) is 2.27. The van der Waals surface area contributed by atoms with E-state index >= 15 is 0 Å². The summed E-state index contributed by atoms with van der Waals surface area (Å²) in [7, 11) is 0. The molecule has 144 valence electrons. The van der Waals surface area contributed by atoms with Crippen LogP contribution in [0.2, 0.25) is 0 Å². The lowest BCUT2D eigenvalue weighted by atomic mass is 9.77. The van der Waals surface area contributed by atoms with Gasteiger partial charge in [-0.25, -0.2) is 9.37 Å². The number of halogens is 1. The molecule has 28 heavy (non-hydrogen) atoms. The Labute approximate surface area is 172 Å². The van der Waals surface area contributed by atoms with Crippen LogP contribution in [0.1, 0.15) is 74.5 Å². The summed E-state index contributed by atoms with van der Waals surface area (Å²) in [5.74, 6) is 7.19. The van der Waals surface area contributed by atoms with Crippen LogP contribution in [-0.4, -0.2) is 10.1 Å². The second kappa shape index (κ2) is 10.3. The quantitative estimate of drug-likeness (QED) is 0.317. The van der Waals surface area contributed by atoms with Gasteiger partial charge in [-0.1, -0.05) is 50.2 Å². The summed E-state index contributed by atoms with van der Waals surface area (Å²) < 4.78 is 14.0. The van der Waals surface area contributed by atoms with Gasteiger partial charge in [0.25, 0.3) is 0 Å². The average molecular weight is 393 g/mol. The van der Waals surface area contributed by atoms with Crippen LogP contribution in [0.5, 0.6) is 0 Å². The van der Waals surface area contributed by atoms with E-state index in [0.717, 1.165) is 11.5 Å². The first-order valence-corrected chi connectivity index (χ1v) is 10.5. The number of pyridine rings is 1. The Balaban J connectivity index is 1.61. The Morgan fingerprint density at radius 2 is 1.89 bits per heavy atom. The van der Waals surface area contributed by atoms with Crippen LogP contribution < -0.4 is 0 Å². The van der Waals surface area contributed by atoms with Crippen molar-refractivity contribution in [3.63, 3.8) is 0 Å². The first-order chi connectivity index (χ1) is 13.7. The van der Waals surface area contributed by atoms with Crippen molar-refractivity contribution in [1.82, 2.24) is 4.98 Å². The van der Waals surface area contributed by atoms with Crippen molar-refractivity contribution in [2.24, 2.45) is 10.9 Å². The Kier molecular flexibility index (Phi) is 7.48. The molecule has 2 nitrogen and oxygen atoms in total. The van der Waals surface area contributed by atoms with Crippen LogP contribution in [0.3, 0.4) is 0 Å². The SMILES string of the molecule is CCCCC1CCC(c2ccc(C#Cc3cnc(N=C=S)cc3F)cc2)CC1. The zero-order valence-electron chi connectivity index (χ0n) is 16.2. The maximum Gasteiger partial charge on any atom is 0.165 e. The number of unbranched alkanes of at least 4 members (excludes halogenated alkanes) is 1. The highest BCUT2D eigenvalue weighted by Gasteiger charge is 2.21. The Hall–Kier alpha value is -2.34. The van der Waals surface area contributed by atoms with E-state index in [0.29, 0.717) is 5.92 Å². The van der Waals surface area contributed by atoms with E-state index in [-0.39, 0.29) is 11.4 Å². The molecule has 0 amide bonds. The number of benzene rings is 1. The standard InChI is InChI=1S/C24H25FN2S/c1-2-3-4-18-5-10-20(11-6-18)21-12-7-19(8-13-21)9-14-22-16-26-24(27-17-28)15-23(22)25/h7-8,12-13,15-16,18,20H,2-6,10-11H2,1H3. The van der Waals surface area contributed by atoms with Crippen LogP contribution in [-0.2, 0) is 0 Å². The zero-order chi connectivity index (χ0) is 19.8. The molecule has 1 fully saturated rings. The molecule has 0 unspecified atom stereocenters. The molecule has 4 heteroatoms. The van der Waals surface area contributed by atoms with Crippen molar-refractivity contribution in [3.05, 3.63) is 59.0 Å². The highest BCUT2D eigenvalue weighted by atomic mass is 32.1. The molecular formula is C24H25FN2S. The van der Waals surface area contributed by atoms with Crippen molar-refractivity contribution in [1.29, 1.82) is 0 Å². The van der Waals surface area contributed by atoms with E-state index in [1.165, 1.54) is 62.8 Å². The summed E-state index contributed by atoms with van der Waals surface area (Å²) in [6, 6.07) is 9.62. The van der Waals surface area contributed by atoms with Crippen molar-refractivity contribution in [2.75, 3.05) is 0 Å². The van der Waals surface area contributed by atoms with Gasteiger partial charge in [-0.2, -0.15) is 4.99 Å². The number of isothiocyanates is 1. The van der Waals surface area contributed by atoms with Crippen molar-refractivity contribution >= 4 is 23.2 Å². The summed E-state index contributed by atoms with van der Waals surface area (Å²) in [5.41, 5.74) is 2.52. The molecule has 2 aromatic rings. The number of hydrogen-bond donors (Lipinski definition) is 0. The number of thiocarbonyl (C=S) groups is 1. The highest BCUT2D eigenvalue weighted by molar-refractivity contribution is 7.78. The molecule has 0 radical (unpaired) electrons. The maximum absolute atomic E-state index is 14.0. The van der Waals surface area contributed by atoms with Gasteiger partial charge in [0.05, 0.1) is 10.7 Å². The van der Waals surface area contributed by atoms with Crippen LogP contribution in [0.25, 0.3) is 0 Å². The van der Waals surface area contributed by atoms with Crippen molar-refractivity contribution in [3.8, 4) is 11.8 Å². The fourth-order valence-corrected chi connectivity index (χ4v) is 3.97. The van der Waals surface area contributed by atoms with E-state index in [4.69, 9.17) is 0 Å². The van der Waals surface area contributed by atoms with Gasteiger partial charge in [-0.15, -0.1) is 0 Å². The first kappa shape index (κ1) is 20.4. The normalized spacial score (nSPS) is 18.6. The second-order valence-corrected chi connectivity index (χ2v) is 7.64. The van der Waals surface area contributed by atoms with E-state index in [1.807, 2.05) is 12.1 Å². The van der Waals surface area contributed by atoms with Crippen LogP contribution in [0.15, 0.2) is 41.5 Å². The van der Waals surface area contributed by atoms with Gasteiger partial charge in [0.15, 0.2) is 5.82 Å². The molecule has 0 N–H and O–H groups in total. The molecule has 1 saturated carbocycles. The molecule has 3 rings (SSSR count). The average Bonchev–Trinajstić information content (AvgIpc) is 2.73. The lowest BCUT2D eigenvalue weighted by Crippen LogP contribution is -2.13. The molecule has 0 atom stereocenters. The number of nitrogens with zero attached hydrogens (tertiary/aromatic N) is 2. The summed E-state index contributed by atoms with van der Waals surface area (Å²) in [6.07, 6.45) is 10.7. The molecule has 1 heterocycles. The zero-order valence-corrected chi connectivity index (χ0v) is 17.1. The molecular weight excluding hydrogens is 367 g/mol. The number of rotatable bonds is 5. The smallest absolute Gasteiger partial charge is 0.165 e. The van der Waals surface area contributed by atoms with Gasteiger partial charge in [0.1, 0.15) is 5.82 Å². The minimum absolute atomic E-state index is 0.201. The van der Waals surface area contributed by atoms with Crippen LogP contribution >= 0.6 is 12.2 Å². The van der Waals surface area contributed by atoms with E-state index in [1.54, 1.807) is 0 Å². The fourth-order valence-electron chi connectivity index (χ4n) is 3.88. The molecule has 1 aromatic carbocycles. The summed E-state index contributed by atoms with van der Waals surface area (Å²) in [5, 5.41) is 2.18. The molecule has 0 bridgehead atoms. The van der Waals surface area contributed by atoms with Gasteiger partial charge in [0, 0.05) is 17.8 Å². The van der Waals surface area contributed by atoms with Crippen LogP contribution in [0.4, 0.5) is 10.2 Å². The van der Waals surface area contributed by atoms with Gasteiger partial charge >= 0.3 is 0 Å². The van der Waals surface area contributed by atoms with Gasteiger partial charge in [0.2, 0.25) is 0 Å². The fraction of sp³-hybridized carbons (Fsp3) is 0.417. The van der Waals surface area contributed by atoms with Gasteiger partial charge < -0.3 is 0 Å².